The van der Waals surface area contributed by atoms with Gasteiger partial charge in [-0.1, -0.05) is 0 Å². The Hall–Kier alpha value is -1.06. The summed E-state index contributed by atoms with van der Waals surface area (Å²) >= 11 is 0. The van der Waals surface area contributed by atoms with Crippen LogP contribution in [0, 0.1) is 0 Å². The number of Topliss-reactive ketones (excluding diaryl/α,β-unsaturated/α-hetero) is 1. The van der Waals surface area contributed by atoms with E-state index in [1.165, 1.54) is 6.92 Å². The molecule has 0 heterocycles. The van der Waals surface area contributed by atoms with Crippen molar-refractivity contribution in [2.45, 2.75) is 32.6 Å². The zero-order valence-electron chi connectivity index (χ0n) is 14.0. The van der Waals surface area contributed by atoms with E-state index in [0.717, 1.165) is 12.8 Å². The minimum Gasteiger partial charge on any atom is -0.379 e. The average molecular weight is 334 g/mol. The predicted molar refractivity (Wildman–Crippen MR) is 84.4 cm³/mol. The van der Waals surface area contributed by atoms with Gasteiger partial charge in [0.2, 0.25) is 5.91 Å². The fourth-order valence-corrected chi connectivity index (χ4v) is 1.58. The summed E-state index contributed by atoms with van der Waals surface area (Å²) in [6.45, 7) is 5.75. The van der Waals surface area contributed by atoms with Crippen LogP contribution in [0.15, 0.2) is 0 Å². The van der Waals surface area contributed by atoms with Gasteiger partial charge in [0.1, 0.15) is 5.78 Å². The number of rotatable bonds is 17. The summed E-state index contributed by atoms with van der Waals surface area (Å²) in [7, 11) is 0. The SMILES string of the molecule is CC(=O)CCC(=O)NCCCOCCOCCOCCCNO. The first-order valence-electron chi connectivity index (χ1n) is 8.03. The zero-order chi connectivity index (χ0) is 17.2. The van der Waals surface area contributed by atoms with Gasteiger partial charge in [0.05, 0.1) is 26.4 Å². The fourth-order valence-electron chi connectivity index (χ4n) is 1.58. The number of nitrogens with one attached hydrogen (secondary N) is 2. The van der Waals surface area contributed by atoms with Gasteiger partial charge >= 0.3 is 0 Å². The van der Waals surface area contributed by atoms with Gasteiger partial charge in [-0.3, -0.25) is 4.79 Å². The topological polar surface area (TPSA) is 106 Å². The summed E-state index contributed by atoms with van der Waals surface area (Å²) in [4.78, 5) is 22.0. The molecule has 3 N–H and O–H groups in total. The summed E-state index contributed by atoms with van der Waals surface area (Å²) < 4.78 is 16.0. The average Bonchev–Trinajstić information content (AvgIpc) is 2.53. The van der Waals surface area contributed by atoms with Gasteiger partial charge in [0.15, 0.2) is 0 Å². The molecule has 1 amide bonds. The summed E-state index contributed by atoms with van der Waals surface area (Å²) in [5.74, 6) is -0.0747. The Bertz CT molecular complexity index is 302. The molecular formula is C15H30N2O6. The summed E-state index contributed by atoms with van der Waals surface area (Å²) in [5.41, 5.74) is 2.06. The van der Waals surface area contributed by atoms with E-state index in [4.69, 9.17) is 19.4 Å². The predicted octanol–water partition coefficient (Wildman–Crippen LogP) is 0.281. The number of carbonyl (C=O) groups is 2. The molecule has 0 rings (SSSR count). The second-order valence-electron chi connectivity index (χ2n) is 5.00. The summed E-state index contributed by atoms with van der Waals surface area (Å²) in [5, 5.41) is 11.1. The zero-order valence-corrected chi connectivity index (χ0v) is 14.0. The van der Waals surface area contributed by atoms with Crippen molar-refractivity contribution in [2.75, 3.05) is 52.7 Å². The lowest BCUT2D eigenvalue weighted by molar-refractivity contribution is -0.124. The second-order valence-corrected chi connectivity index (χ2v) is 5.00. The Morgan fingerprint density at radius 2 is 1.35 bits per heavy atom. The van der Waals surface area contributed by atoms with Crippen molar-refractivity contribution in [3.8, 4) is 0 Å². The van der Waals surface area contributed by atoms with Crippen molar-refractivity contribution >= 4 is 11.7 Å². The monoisotopic (exact) mass is 334 g/mol. The highest BCUT2D eigenvalue weighted by Crippen LogP contribution is 1.90. The standard InChI is InChI=1S/C15H30N2O6/c1-14(18)4-5-15(19)16-6-2-8-21-10-12-23-13-11-22-9-3-7-17-20/h17,20H,2-13H2,1H3,(H,16,19). The highest BCUT2D eigenvalue weighted by molar-refractivity contribution is 5.83. The Labute approximate surface area is 137 Å². The maximum Gasteiger partial charge on any atom is 0.220 e. The van der Waals surface area contributed by atoms with Crippen LogP contribution in [0.2, 0.25) is 0 Å². The van der Waals surface area contributed by atoms with Gasteiger partial charge in [-0.25, -0.2) is 5.48 Å². The van der Waals surface area contributed by atoms with Gasteiger partial charge in [0, 0.05) is 39.1 Å². The molecule has 0 radical (unpaired) electrons. The van der Waals surface area contributed by atoms with Crippen molar-refractivity contribution in [3.05, 3.63) is 0 Å². The van der Waals surface area contributed by atoms with Crippen molar-refractivity contribution < 1.29 is 29.0 Å². The van der Waals surface area contributed by atoms with Crippen LogP contribution < -0.4 is 10.8 Å². The van der Waals surface area contributed by atoms with Crippen LogP contribution in [0.5, 0.6) is 0 Å². The summed E-state index contributed by atoms with van der Waals surface area (Å²) in [6.07, 6.45) is 2.03. The maximum absolute atomic E-state index is 11.3. The lowest BCUT2D eigenvalue weighted by atomic mass is 10.2. The van der Waals surface area contributed by atoms with E-state index >= 15 is 0 Å². The van der Waals surface area contributed by atoms with E-state index in [0.29, 0.717) is 59.2 Å². The number of hydrogen-bond donors (Lipinski definition) is 3. The fraction of sp³-hybridized carbons (Fsp3) is 0.867. The molecule has 0 saturated carbocycles. The molecule has 0 aliphatic carbocycles. The molecule has 23 heavy (non-hydrogen) atoms. The molecule has 0 aromatic carbocycles. The van der Waals surface area contributed by atoms with Crippen LogP contribution in [0.1, 0.15) is 32.6 Å². The van der Waals surface area contributed by atoms with E-state index in [1.54, 1.807) is 0 Å². The minimum absolute atomic E-state index is 0.0241. The molecule has 0 spiro atoms. The van der Waals surface area contributed by atoms with Crippen LogP contribution in [0.25, 0.3) is 0 Å². The first-order valence-corrected chi connectivity index (χ1v) is 8.03. The first-order chi connectivity index (χ1) is 11.2. The van der Waals surface area contributed by atoms with Crippen LogP contribution in [-0.2, 0) is 23.8 Å². The normalized spacial score (nSPS) is 10.7. The third-order valence-corrected chi connectivity index (χ3v) is 2.81. The van der Waals surface area contributed by atoms with E-state index < -0.39 is 0 Å². The second kappa shape index (κ2) is 17.3. The third-order valence-electron chi connectivity index (χ3n) is 2.81. The van der Waals surface area contributed by atoms with Crippen LogP contribution in [0.4, 0.5) is 0 Å². The number of carbonyl (C=O) groups excluding carboxylic acids is 2. The number of ketones is 1. The maximum atomic E-state index is 11.3. The number of hydroxylamine groups is 1. The highest BCUT2D eigenvalue weighted by Gasteiger charge is 2.02. The number of ether oxygens (including phenoxy) is 3. The van der Waals surface area contributed by atoms with Crippen molar-refractivity contribution in [1.82, 2.24) is 10.8 Å². The van der Waals surface area contributed by atoms with Crippen molar-refractivity contribution in [1.29, 1.82) is 0 Å². The molecule has 8 heteroatoms. The highest BCUT2D eigenvalue weighted by atomic mass is 16.5. The molecule has 0 fully saturated rings. The van der Waals surface area contributed by atoms with E-state index in [-0.39, 0.29) is 18.1 Å². The van der Waals surface area contributed by atoms with Gasteiger partial charge < -0.3 is 29.5 Å². The van der Waals surface area contributed by atoms with Gasteiger partial charge in [0.25, 0.3) is 0 Å². The molecule has 8 nitrogen and oxygen atoms in total. The Balaban J connectivity index is 3.10. The molecule has 0 bridgehead atoms. The van der Waals surface area contributed by atoms with Crippen LogP contribution in [-0.4, -0.2) is 69.6 Å². The molecule has 0 aliphatic heterocycles. The van der Waals surface area contributed by atoms with Crippen LogP contribution in [0.3, 0.4) is 0 Å². The molecule has 0 saturated heterocycles. The molecule has 0 aromatic heterocycles. The molecule has 0 aromatic rings. The van der Waals surface area contributed by atoms with Crippen molar-refractivity contribution in [3.63, 3.8) is 0 Å². The van der Waals surface area contributed by atoms with Crippen LogP contribution >= 0.6 is 0 Å². The quantitative estimate of drug-likeness (QED) is 0.259. The Morgan fingerprint density at radius 3 is 1.87 bits per heavy atom. The Kier molecular flexibility index (Phi) is 16.5. The van der Waals surface area contributed by atoms with E-state index in [9.17, 15) is 9.59 Å². The molecule has 136 valence electrons. The smallest absolute Gasteiger partial charge is 0.220 e. The van der Waals surface area contributed by atoms with Gasteiger partial charge in [-0.2, -0.15) is 0 Å². The minimum atomic E-state index is -0.0988. The lowest BCUT2D eigenvalue weighted by Gasteiger charge is -2.07. The first kappa shape index (κ1) is 21.9. The molecule has 0 aliphatic rings. The van der Waals surface area contributed by atoms with Crippen molar-refractivity contribution in [2.24, 2.45) is 0 Å². The van der Waals surface area contributed by atoms with Gasteiger partial charge in [-0.05, 0) is 19.8 Å². The van der Waals surface area contributed by atoms with E-state index in [1.807, 2.05) is 0 Å². The molecule has 0 unspecified atom stereocenters. The van der Waals surface area contributed by atoms with E-state index in [2.05, 4.69) is 10.8 Å². The lowest BCUT2D eigenvalue weighted by Crippen LogP contribution is -2.25. The van der Waals surface area contributed by atoms with Gasteiger partial charge in [-0.15, -0.1) is 0 Å². The number of amides is 1. The third kappa shape index (κ3) is 18.9. The molecule has 0 atom stereocenters. The Morgan fingerprint density at radius 1 is 0.826 bits per heavy atom. The summed E-state index contributed by atoms with van der Waals surface area (Å²) in [6, 6.07) is 0. The largest absolute Gasteiger partial charge is 0.379 e. The molecular weight excluding hydrogens is 304 g/mol. The number of hydrogen-bond acceptors (Lipinski definition) is 7.